The maximum atomic E-state index is 2.39. The van der Waals surface area contributed by atoms with Gasteiger partial charge in [0.05, 0.1) is 11.0 Å². The number of para-hydroxylation sites is 2. The van der Waals surface area contributed by atoms with Crippen LogP contribution in [-0.4, -0.2) is 4.57 Å². The van der Waals surface area contributed by atoms with E-state index in [2.05, 4.69) is 216 Å². The molecule has 2 nitrogen and oxygen atoms in total. The highest BCUT2D eigenvalue weighted by Gasteiger charge is 2.19. The van der Waals surface area contributed by atoms with E-state index in [-0.39, 0.29) is 0 Å². The number of fused-ring (bicyclic) bond motifs is 7. The van der Waals surface area contributed by atoms with Gasteiger partial charge in [-0.25, -0.2) is 0 Å². The summed E-state index contributed by atoms with van der Waals surface area (Å²) < 4.78 is 5.02. The van der Waals surface area contributed by atoms with Crippen LogP contribution in [0.2, 0.25) is 0 Å². The van der Waals surface area contributed by atoms with E-state index in [1.54, 1.807) is 0 Å². The minimum absolute atomic E-state index is 1.11. The van der Waals surface area contributed by atoms with E-state index in [4.69, 9.17) is 0 Å². The molecule has 2 heterocycles. The van der Waals surface area contributed by atoms with Gasteiger partial charge in [-0.15, -0.1) is 11.3 Å². The topological polar surface area (TPSA) is 8.17 Å². The molecule has 0 spiro atoms. The van der Waals surface area contributed by atoms with Crippen molar-refractivity contribution in [3.8, 4) is 27.9 Å². The Hall–Kier alpha value is -6.94. The summed E-state index contributed by atoms with van der Waals surface area (Å²) >= 11 is 1.88. The third-order valence-corrected chi connectivity index (χ3v) is 12.1. The van der Waals surface area contributed by atoms with E-state index in [0.29, 0.717) is 0 Å². The Morgan fingerprint density at radius 1 is 0.364 bits per heavy atom. The van der Waals surface area contributed by atoms with Crippen LogP contribution < -0.4 is 4.90 Å². The summed E-state index contributed by atoms with van der Waals surface area (Å²) in [5.74, 6) is 0. The Labute approximate surface area is 323 Å². The van der Waals surface area contributed by atoms with Crippen LogP contribution in [-0.2, 0) is 0 Å². The average Bonchev–Trinajstić information content (AvgIpc) is 3.79. The van der Waals surface area contributed by atoms with Gasteiger partial charge in [0.2, 0.25) is 0 Å². The monoisotopic (exact) mass is 718 g/mol. The quantitative estimate of drug-likeness (QED) is 0.166. The molecule has 3 heteroatoms. The minimum Gasteiger partial charge on any atom is -0.310 e. The van der Waals surface area contributed by atoms with E-state index in [9.17, 15) is 0 Å². The average molecular weight is 719 g/mol. The zero-order valence-corrected chi connectivity index (χ0v) is 30.7. The van der Waals surface area contributed by atoms with Gasteiger partial charge in [-0.05, 0) is 112 Å². The molecule has 0 fully saturated rings. The molecule has 55 heavy (non-hydrogen) atoms. The molecule has 0 aliphatic carbocycles. The summed E-state index contributed by atoms with van der Waals surface area (Å²) in [5.41, 5.74) is 11.8. The lowest BCUT2D eigenvalue weighted by Gasteiger charge is -2.26. The maximum absolute atomic E-state index is 2.39. The number of nitrogens with zero attached hydrogens (tertiary/aromatic N) is 2. The highest BCUT2D eigenvalue weighted by atomic mass is 32.1. The Morgan fingerprint density at radius 2 is 0.964 bits per heavy atom. The summed E-state index contributed by atoms with van der Waals surface area (Å²) in [6.07, 6.45) is 0. The molecule has 0 amide bonds. The number of aromatic nitrogens is 1. The van der Waals surface area contributed by atoms with Crippen molar-refractivity contribution in [1.82, 2.24) is 4.57 Å². The molecular formula is C52H34N2S. The molecule has 0 unspecified atom stereocenters. The Morgan fingerprint density at radius 3 is 1.73 bits per heavy atom. The SMILES string of the molecule is c1ccc(-c2ccc(N(c3ccc(-c4cccc5sc6cc7ccccc7cc6c45)cc3)c3ccc4c(c3)c3ccccc3n4-c3ccccc3)cc2)cc1. The Bertz CT molecular complexity index is 3180. The first-order valence-corrected chi connectivity index (χ1v) is 19.6. The molecule has 11 aromatic rings. The van der Waals surface area contributed by atoms with Crippen molar-refractivity contribution in [2.75, 3.05) is 4.90 Å². The van der Waals surface area contributed by atoms with Gasteiger partial charge >= 0.3 is 0 Å². The first-order chi connectivity index (χ1) is 27.3. The third kappa shape index (κ3) is 5.32. The number of rotatable bonds is 6. The van der Waals surface area contributed by atoms with Crippen LogP contribution in [0.25, 0.3) is 80.7 Å². The normalized spacial score (nSPS) is 11.6. The van der Waals surface area contributed by atoms with Crippen LogP contribution in [0.1, 0.15) is 0 Å². The van der Waals surface area contributed by atoms with E-state index in [1.807, 2.05) is 11.3 Å². The van der Waals surface area contributed by atoms with Gasteiger partial charge in [0.15, 0.2) is 0 Å². The molecule has 0 saturated carbocycles. The molecule has 0 saturated heterocycles. The van der Waals surface area contributed by atoms with Crippen molar-refractivity contribution in [3.63, 3.8) is 0 Å². The molecule has 0 atom stereocenters. The summed E-state index contributed by atoms with van der Waals surface area (Å²) in [6, 6.07) is 75.1. The number of benzene rings is 9. The minimum atomic E-state index is 1.11. The number of hydrogen-bond donors (Lipinski definition) is 0. The van der Waals surface area contributed by atoms with Crippen LogP contribution in [0.3, 0.4) is 0 Å². The second-order valence-electron chi connectivity index (χ2n) is 14.2. The summed E-state index contributed by atoms with van der Waals surface area (Å²) in [5, 5.41) is 7.67. The molecule has 2 aromatic heterocycles. The fraction of sp³-hybridized carbons (Fsp3) is 0. The molecule has 11 rings (SSSR count). The van der Waals surface area contributed by atoms with E-state index >= 15 is 0 Å². The van der Waals surface area contributed by atoms with Crippen molar-refractivity contribution < 1.29 is 0 Å². The molecule has 9 aromatic carbocycles. The van der Waals surface area contributed by atoms with Crippen LogP contribution in [0, 0.1) is 0 Å². The second kappa shape index (κ2) is 12.9. The Kier molecular flexibility index (Phi) is 7.39. The van der Waals surface area contributed by atoms with E-state index in [0.717, 1.165) is 22.7 Å². The highest BCUT2D eigenvalue weighted by Crippen LogP contribution is 2.44. The van der Waals surface area contributed by atoms with Gasteiger partial charge in [-0.1, -0.05) is 127 Å². The van der Waals surface area contributed by atoms with Crippen molar-refractivity contribution >= 4 is 81.1 Å². The van der Waals surface area contributed by atoms with Crippen molar-refractivity contribution in [2.45, 2.75) is 0 Å². The van der Waals surface area contributed by atoms with Gasteiger partial charge < -0.3 is 9.47 Å². The van der Waals surface area contributed by atoms with Crippen LogP contribution in [0.15, 0.2) is 206 Å². The number of anilines is 3. The van der Waals surface area contributed by atoms with Gasteiger partial charge in [-0.2, -0.15) is 0 Å². The van der Waals surface area contributed by atoms with E-state index < -0.39 is 0 Å². The largest absolute Gasteiger partial charge is 0.310 e. The van der Waals surface area contributed by atoms with Crippen LogP contribution in [0.4, 0.5) is 17.1 Å². The summed E-state index contributed by atoms with van der Waals surface area (Å²) in [4.78, 5) is 2.39. The summed E-state index contributed by atoms with van der Waals surface area (Å²) in [6.45, 7) is 0. The van der Waals surface area contributed by atoms with Crippen LogP contribution >= 0.6 is 11.3 Å². The van der Waals surface area contributed by atoms with Crippen LogP contribution in [0.5, 0.6) is 0 Å². The lowest BCUT2D eigenvalue weighted by molar-refractivity contribution is 1.18. The standard InChI is InChI=1S/C52H34N2S/c1-3-12-35(13-4-1)36-22-26-41(27-23-36)53(43-30-31-49-46(34-43)45-18-9-10-20-48(45)54(49)40-16-5-2-6-17-40)42-28-24-37(25-29-42)44-19-11-21-50-52(44)47-32-38-14-7-8-15-39(38)33-51(47)55-50/h1-34H. The first kappa shape index (κ1) is 31.6. The van der Waals surface area contributed by atoms with Gasteiger partial charge in [0.25, 0.3) is 0 Å². The highest BCUT2D eigenvalue weighted by molar-refractivity contribution is 7.26. The zero-order chi connectivity index (χ0) is 36.3. The molecule has 0 bridgehead atoms. The fourth-order valence-corrected chi connectivity index (χ4v) is 9.54. The molecule has 0 aliphatic heterocycles. The number of thiophene rings is 1. The molecule has 0 radical (unpaired) electrons. The molecule has 0 N–H and O–H groups in total. The zero-order valence-electron chi connectivity index (χ0n) is 29.9. The van der Waals surface area contributed by atoms with Crippen molar-refractivity contribution in [1.29, 1.82) is 0 Å². The molecular weight excluding hydrogens is 685 g/mol. The van der Waals surface area contributed by atoms with Crippen molar-refractivity contribution in [3.05, 3.63) is 206 Å². The van der Waals surface area contributed by atoms with E-state index in [1.165, 1.54) is 75.0 Å². The maximum Gasteiger partial charge on any atom is 0.0542 e. The smallest absolute Gasteiger partial charge is 0.0542 e. The molecule has 258 valence electrons. The second-order valence-corrected chi connectivity index (χ2v) is 15.2. The first-order valence-electron chi connectivity index (χ1n) is 18.8. The van der Waals surface area contributed by atoms with Gasteiger partial charge in [0, 0.05) is 53.7 Å². The molecule has 0 aliphatic rings. The van der Waals surface area contributed by atoms with Crippen molar-refractivity contribution in [2.24, 2.45) is 0 Å². The third-order valence-electron chi connectivity index (χ3n) is 11.0. The summed E-state index contributed by atoms with van der Waals surface area (Å²) in [7, 11) is 0. The Balaban J connectivity index is 1.06. The van der Waals surface area contributed by atoms with Gasteiger partial charge in [-0.3, -0.25) is 0 Å². The fourth-order valence-electron chi connectivity index (χ4n) is 8.38. The number of hydrogen-bond acceptors (Lipinski definition) is 2. The lowest BCUT2D eigenvalue weighted by atomic mass is 9.98. The predicted octanol–water partition coefficient (Wildman–Crippen LogP) is 15.1. The lowest BCUT2D eigenvalue weighted by Crippen LogP contribution is -2.10. The van der Waals surface area contributed by atoms with Gasteiger partial charge in [0.1, 0.15) is 0 Å². The predicted molar refractivity (Wildman–Crippen MR) is 237 cm³/mol.